The largest absolute Gasteiger partial charge is 0.381 e. The smallest absolute Gasteiger partial charge is 0.263 e. The molecule has 10 nitrogen and oxygen atoms in total. The summed E-state index contributed by atoms with van der Waals surface area (Å²) in [4.78, 5) is 25.2. The topological polar surface area (TPSA) is 114 Å². The molecule has 2 saturated heterocycles. The Morgan fingerprint density at radius 3 is 2.69 bits per heavy atom. The monoisotopic (exact) mass is 486 g/mol. The average molecular weight is 487 g/mol. The zero-order chi connectivity index (χ0) is 24.4. The van der Waals surface area contributed by atoms with E-state index in [1.54, 1.807) is 0 Å². The van der Waals surface area contributed by atoms with E-state index in [-0.39, 0.29) is 34.5 Å². The maximum atomic E-state index is 14.9. The highest BCUT2D eigenvalue weighted by Crippen LogP contribution is 2.32. The summed E-state index contributed by atoms with van der Waals surface area (Å²) in [6.45, 7) is 5.10. The standard InChI is InChI=1S/C23H28F2N8O2/c24-15-11-28-22-19(21(26)30-33(22)14-15)23(34)29-18-13-27-12-17(25)20(18)32-7-3-16(4-8-32)35-10-9-31-5-1-2-6-31/h11-14,16H,1-10H2,(H2,26,30)(H,29,34). The lowest BCUT2D eigenvalue weighted by Crippen LogP contribution is -2.39. The molecule has 2 aliphatic heterocycles. The van der Waals surface area contributed by atoms with Crippen LogP contribution in [0.1, 0.15) is 36.0 Å². The summed E-state index contributed by atoms with van der Waals surface area (Å²) in [7, 11) is 0. The summed E-state index contributed by atoms with van der Waals surface area (Å²) in [6.07, 6.45) is 8.71. The summed E-state index contributed by atoms with van der Waals surface area (Å²) in [6, 6.07) is 0. The summed E-state index contributed by atoms with van der Waals surface area (Å²) in [5.41, 5.74) is 6.44. The van der Waals surface area contributed by atoms with Crippen LogP contribution in [0.15, 0.2) is 24.8 Å². The Balaban J connectivity index is 1.26. The molecule has 5 heterocycles. The van der Waals surface area contributed by atoms with Crippen LogP contribution in [-0.4, -0.2) is 75.8 Å². The minimum absolute atomic E-state index is 0.0229. The van der Waals surface area contributed by atoms with E-state index in [0.29, 0.717) is 19.7 Å². The van der Waals surface area contributed by atoms with Gasteiger partial charge in [0, 0.05) is 19.6 Å². The third-order valence-electron chi connectivity index (χ3n) is 6.53. The molecular weight excluding hydrogens is 458 g/mol. The normalized spacial score (nSPS) is 17.4. The number of anilines is 3. The molecule has 0 aromatic carbocycles. The van der Waals surface area contributed by atoms with Crippen LogP contribution in [0.2, 0.25) is 0 Å². The number of piperidine rings is 1. The number of rotatable bonds is 7. The third kappa shape index (κ3) is 5.03. The summed E-state index contributed by atoms with van der Waals surface area (Å²) in [5.74, 6) is -1.90. The average Bonchev–Trinajstić information content (AvgIpc) is 3.46. The van der Waals surface area contributed by atoms with E-state index in [9.17, 15) is 13.6 Å². The van der Waals surface area contributed by atoms with E-state index in [0.717, 1.165) is 55.6 Å². The number of nitrogens with two attached hydrogens (primary N) is 1. The van der Waals surface area contributed by atoms with Crippen molar-refractivity contribution in [3.63, 3.8) is 0 Å². The van der Waals surface area contributed by atoms with Crippen molar-refractivity contribution in [1.29, 1.82) is 0 Å². The molecule has 35 heavy (non-hydrogen) atoms. The van der Waals surface area contributed by atoms with Crippen LogP contribution in [0.4, 0.5) is 26.0 Å². The molecule has 0 unspecified atom stereocenters. The van der Waals surface area contributed by atoms with Gasteiger partial charge in [0.15, 0.2) is 23.1 Å². The molecule has 5 rings (SSSR count). The zero-order valence-corrected chi connectivity index (χ0v) is 19.3. The molecule has 0 radical (unpaired) electrons. The number of carbonyl (C=O) groups is 1. The van der Waals surface area contributed by atoms with Gasteiger partial charge in [-0.05, 0) is 38.8 Å². The van der Waals surface area contributed by atoms with E-state index in [4.69, 9.17) is 10.5 Å². The van der Waals surface area contributed by atoms with Crippen LogP contribution in [0, 0.1) is 11.6 Å². The van der Waals surface area contributed by atoms with Crippen molar-refractivity contribution >= 4 is 28.7 Å². The van der Waals surface area contributed by atoms with E-state index < -0.39 is 17.5 Å². The molecule has 0 aliphatic carbocycles. The molecule has 0 atom stereocenters. The molecule has 12 heteroatoms. The number of hydrogen-bond acceptors (Lipinski definition) is 8. The molecule has 2 fully saturated rings. The number of amides is 1. The van der Waals surface area contributed by atoms with Gasteiger partial charge in [-0.2, -0.15) is 0 Å². The summed E-state index contributed by atoms with van der Waals surface area (Å²) >= 11 is 0. The van der Waals surface area contributed by atoms with Crippen molar-refractivity contribution in [3.05, 3.63) is 42.0 Å². The van der Waals surface area contributed by atoms with Gasteiger partial charge in [-0.15, -0.1) is 5.10 Å². The van der Waals surface area contributed by atoms with Crippen molar-refractivity contribution in [3.8, 4) is 0 Å². The number of nitrogen functional groups attached to an aromatic ring is 1. The minimum atomic E-state index is -0.634. The van der Waals surface area contributed by atoms with Crippen molar-refractivity contribution < 1.29 is 18.3 Å². The number of pyridine rings is 1. The van der Waals surface area contributed by atoms with Gasteiger partial charge >= 0.3 is 0 Å². The van der Waals surface area contributed by atoms with Crippen molar-refractivity contribution in [1.82, 2.24) is 24.5 Å². The van der Waals surface area contributed by atoms with Gasteiger partial charge in [0.25, 0.3) is 5.91 Å². The van der Waals surface area contributed by atoms with Gasteiger partial charge in [-0.1, -0.05) is 0 Å². The van der Waals surface area contributed by atoms with Gasteiger partial charge in [-0.25, -0.2) is 18.3 Å². The molecule has 0 saturated carbocycles. The van der Waals surface area contributed by atoms with Crippen LogP contribution in [0.3, 0.4) is 0 Å². The summed E-state index contributed by atoms with van der Waals surface area (Å²) in [5, 5.41) is 6.63. The number of aromatic nitrogens is 4. The first-order chi connectivity index (χ1) is 17.0. The Kier molecular flexibility index (Phi) is 6.73. The Bertz CT molecular complexity index is 1210. The lowest BCUT2D eigenvalue weighted by Gasteiger charge is -2.34. The molecule has 186 valence electrons. The van der Waals surface area contributed by atoms with Gasteiger partial charge in [0.1, 0.15) is 11.3 Å². The number of nitrogens with one attached hydrogen (secondary N) is 1. The fourth-order valence-electron chi connectivity index (χ4n) is 4.77. The second-order valence-corrected chi connectivity index (χ2v) is 8.88. The highest BCUT2D eigenvalue weighted by Gasteiger charge is 2.27. The molecule has 0 spiro atoms. The Labute approximate surface area is 201 Å². The van der Waals surface area contributed by atoms with E-state index in [2.05, 4.69) is 25.3 Å². The van der Waals surface area contributed by atoms with E-state index in [1.807, 2.05) is 4.90 Å². The number of likely N-dealkylation sites (tertiary alicyclic amines) is 1. The first-order valence-corrected chi connectivity index (χ1v) is 11.8. The highest BCUT2D eigenvalue weighted by atomic mass is 19.1. The molecule has 1 amide bonds. The lowest BCUT2D eigenvalue weighted by atomic mass is 10.1. The van der Waals surface area contributed by atoms with Gasteiger partial charge in [-0.3, -0.25) is 9.78 Å². The number of carbonyl (C=O) groups excluding carboxylic acids is 1. The first kappa shape index (κ1) is 23.4. The number of fused-ring (bicyclic) bond motifs is 1. The highest BCUT2D eigenvalue weighted by molar-refractivity contribution is 6.12. The van der Waals surface area contributed by atoms with E-state index in [1.165, 1.54) is 19.0 Å². The Hall–Kier alpha value is -3.38. The number of hydrogen-bond donors (Lipinski definition) is 2. The summed E-state index contributed by atoms with van der Waals surface area (Å²) < 4.78 is 35.5. The first-order valence-electron chi connectivity index (χ1n) is 11.8. The zero-order valence-electron chi connectivity index (χ0n) is 19.3. The van der Waals surface area contributed by atoms with Crippen LogP contribution in [-0.2, 0) is 4.74 Å². The van der Waals surface area contributed by atoms with Crippen molar-refractivity contribution in [2.75, 3.05) is 55.3 Å². The molecule has 0 bridgehead atoms. The van der Waals surface area contributed by atoms with Crippen molar-refractivity contribution in [2.24, 2.45) is 0 Å². The van der Waals surface area contributed by atoms with Crippen molar-refractivity contribution in [2.45, 2.75) is 31.8 Å². The fraction of sp³-hybridized carbons (Fsp3) is 0.478. The molecule has 3 aromatic heterocycles. The number of nitrogens with zero attached hydrogens (tertiary/aromatic N) is 6. The Morgan fingerprint density at radius 2 is 1.91 bits per heavy atom. The number of ether oxygens (including phenoxy) is 1. The van der Waals surface area contributed by atoms with Gasteiger partial charge in [0.05, 0.1) is 43.2 Å². The lowest BCUT2D eigenvalue weighted by molar-refractivity contribution is 0.0265. The Morgan fingerprint density at radius 1 is 1.14 bits per heavy atom. The number of halogens is 2. The minimum Gasteiger partial charge on any atom is -0.381 e. The van der Waals surface area contributed by atoms with Crippen LogP contribution < -0.4 is 16.0 Å². The maximum absolute atomic E-state index is 14.9. The third-order valence-corrected chi connectivity index (χ3v) is 6.53. The molecule has 2 aliphatic rings. The SMILES string of the molecule is Nc1nn2cc(F)cnc2c1C(=O)Nc1cncc(F)c1N1CCC(OCCN2CCCC2)CC1. The fourth-order valence-corrected chi connectivity index (χ4v) is 4.77. The quantitative estimate of drug-likeness (QED) is 0.523. The predicted octanol–water partition coefficient (Wildman–Crippen LogP) is 2.32. The van der Waals surface area contributed by atoms with Crippen LogP contribution in [0.25, 0.3) is 5.65 Å². The van der Waals surface area contributed by atoms with Gasteiger partial charge in [0.2, 0.25) is 0 Å². The second-order valence-electron chi connectivity index (χ2n) is 8.88. The van der Waals surface area contributed by atoms with Crippen LogP contribution in [0.5, 0.6) is 0 Å². The molecule has 3 aromatic rings. The van der Waals surface area contributed by atoms with Crippen LogP contribution >= 0.6 is 0 Å². The second kappa shape index (κ2) is 10.1. The molecule has 3 N–H and O–H groups in total. The maximum Gasteiger partial charge on any atom is 0.263 e. The van der Waals surface area contributed by atoms with Gasteiger partial charge < -0.3 is 25.6 Å². The predicted molar refractivity (Wildman–Crippen MR) is 126 cm³/mol. The van der Waals surface area contributed by atoms with E-state index >= 15 is 0 Å². The molecular formula is C23H28F2N8O2.